The third-order valence-corrected chi connectivity index (χ3v) is 7.93. The first-order valence-corrected chi connectivity index (χ1v) is 16.5. The van der Waals surface area contributed by atoms with Gasteiger partial charge in [0, 0.05) is 35.5 Å². The van der Waals surface area contributed by atoms with Crippen LogP contribution in [0.5, 0.6) is 11.5 Å². The molecule has 5 rings (SSSR count). The third kappa shape index (κ3) is 9.58. The van der Waals surface area contributed by atoms with Crippen LogP contribution < -0.4 is 9.47 Å². The zero-order chi connectivity index (χ0) is 33.4. The van der Waals surface area contributed by atoms with Crippen LogP contribution in [0.4, 0.5) is 0 Å². The van der Waals surface area contributed by atoms with Gasteiger partial charge in [-0.1, -0.05) is 35.3 Å². The maximum Gasteiger partial charge on any atom is 0.332 e. The molecule has 0 aliphatic carbocycles. The van der Waals surface area contributed by atoms with Crippen molar-refractivity contribution in [2.24, 2.45) is 0 Å². The van der Waals surface area contributed by atoms with E-state index in [1.54, 1.807) is 12.4 Å². The number of carbonyl (C=O) groups is 1. The van der Waals surface area contributed by atoms with Crippen LogP contribution >= 0.6 is 23.2 Å². The van der Waals surface area contributed by atoms with Gasteiger partial charge in [-0.15, -0.1) is 0 Å². The summed E-state index contributed by atoms with van der Waals surface area (Å²) in [6.07, 6.45) is 5.57. The van der Waals surface area contributed by atoms with E-state index in [-0.39, 0.29) is 19.4 Å². The van der Waals surface area contributed by atoms with Crippen molar-refractivity contribution in [3.05, 3.63) is 70.5 Å². The first-order chi connectivity index (χ1) is 22.6. The fourth-order valence-corrected chi connectivity index (χ4v) is 5.99. The van der Waals surface area contributed by atoms with Crippen molar-refractivity contribution in [3.8, 4) is 22.8 Å². The molecule has 3 heterocycles. The highest BCUT2D eigenvalue weighted by Gasteiger charge is 2.23. The second-order valence-corrected chi connectivity index (χ2v) is 13.0. The highest BCUT2D eigenvalue weighted by atomic mass is 35.5. The van der Waals surface area contributed by atoms with E-state index >= 15 is 0 Å². The van der Waals surface area contributed by atoms with Gasteiger partial charge in [0.25, 0.3) is 0 Å². The minimum Gasteiger partial charge on any atom is -0.491 e. The lowest BCUT2D eigenvalue weighted by atomic mass is 10.1. The van der Waals surface area contributed by atoms with Gasteiger partial charge in [-0.3, -0.25) is 4.98 Å². The monoisotopic (exact) mass is 685 g/mol. The number of benzene rings is 2. The van der Waals surface area contributed by atoms with E-state index < -0.39 is 17.7 Å². The van der Waals surface area contributed by atoms with E-state index in [1.807, 2.05) is 74.8 Å². The second kappa shape index (κ2) is 16.1. The van der Waals surface area contributed by atoms with Crippen LogP contribution in [0.3, 0.4) is 0 Å². The molecule has 2 atom stereocenters. The number of aromatic nitrogens is 3. The van der Waals surface area contributed by atoms with Crippen LogP contribution in [-0.4, -0.2) is 66.0 Å². The molecular formula is C35H41Cl2N3O7. The summed E-state index contributed by atoms with van der Waals surface area (Å²) in [7, 11) is 0. The Kier molecular flexibility index (Phi) is 12.0. The molecule has 0 saturated carbocycles. The molecule has 47 heavy (non-hydrogen) atoms. The van der Waals surface area contributed by atoms with E-state index in [0.29, 0.717) is 53.5 Å². The third-order valence-electron chi connectivity index (χ3n) is 7.33. The minimum atomic E-state index is -0.538. The predicted octanol–water partition coefficient (Wildman–Crippen LogP) is 8.00. The van der Waals surface area contributed by atoms with Crippen LogP contribution in [0.25, 0.3) is 22.2 Å². The van der Waals surface area contributed by atoms with E-state index in [1.165, 1.54) is 0 Å². The van der Waals surface area contributed by atoms with Gasteiger partial charge in [-0.05, 0) is 77.3 Å². The largest absolute Gasteiger partial charge is 0.491 e. The van der Waals surface area contributed by atoms with E-state index in [9.17, 15) is 4.79 Å². The van der Waals surface area contributed by atoms with Gasteiger partial charge in [-0.25, -0.2) is 9.48 Å². The van der Waals surface area contributed by atoms with E-state index in [0.717, 1.165) is 41.4 Å². The van der Waals surface area contributed by atoms with E-state index in [4.69, 9.17) is 56.7 Å². The Morgan fingerprint density at radius 3 is 2.51 bits per heavy atom. The van der Waals surface area contributed by atoms with Gasteiger partial charge in [0.2, 0.25) is 0 Å². The molecule has 1 saturated heterocycles. The predicted molar refractivity (Wildman–Crippen MR) is 180 cm³/mol. The van der Waals surface area contributed by atoms with Crippen molar-refractivity contribution in [2.75, 3.05) is 39.6 Å². The Morgan fingerprint density at radius 2 is 1.77 bits per heavy atom. The van der Waals surface area contributed by atoms with Crippen molar-refractivity contribution < 1.29 is 33.2 Å². The number of ether oxygens (including phenoxy) is 6. The quantitative estimate of drug-likeness (QED) is 0.0965. The molecule has 12 heteroatoms. The average Bonchev–Trinajstić information content (AvgIpc) is 3.41. The number of nitrogens with zero attached hydrogens (tertiary/aromatic N) is 3. The number of pyridine rings is 1. The van der Waals surface area contributed by atoms with Gasteiger partial charge in [0.1, 0.15) is 42.1 Å². The molecule has 1 aliphatic heterocycles. The lowest BCUT2D eigenvalue weighted by Gasteiger charge is -2.23. The van der Waals surface area contributed by atoms with Crippen LogP contribution in [0.2, 0.25) is 10.0 Å². The number of hydrogen-bond acceptors (Lipinski definition) is 9. The summed E-state index contributed by atoms with van der Waals surface area (Å²) in [6, 6.07) is 13.7. The zero-order valence-electron chi connectivity index (χ0n) is 27.2. The molecular weight excluding hydrogens is 645 g/mol. The Balaban J connectivity index is 1.26. The number of esters is 1. The highest BCUT2D eigenvalue weighted by Crippen LogP contribution is 2.38. The Labute approximate surface area is 285 Å². The zero-order valence-corrected chi connectivity index (χ0v) is 28.7. The van der Waals surface area contributed by atoms with Crippen LogP contribution in [0.1, 0.15) is 64.9 Å². The first kappa shape index (κ1) is 34.9. The molecule has 2 aromatic heterocycles. The van der Waals surface area contributed by atoms with Gasteiger partial charge in [0.05, 0.1) is 35.4 Å². The van der Waals surface area contributed by atoms with Gasteiger partial charge in [0.15, 0.2) is 6.23 Å². The molecule has 10 nitrogen and oxygen atoms in total. The molecule has 252 valence electrons. The summed E-state index contributed by atoms with van der Waals surface area (Å²) < 4.78 is 36.6. The summed E-state index contributed by atoms with van der Waals surface area (Å²) in [5.74, 6) is 0.938. The fraction of sp³-hybridized carbons (Fsp3) is 0.457. The summed E-state index contributed by atoms with van der Waals surface area (Å²) in [5.41, 5.74) is 2.77. The van der Waals surface area contributed by atoms with Crippen LogP contribution in [0.15, 0.2) is 54.9 Å². The molecule has 1 unspecified atom stereocenters. The Morgan fingerprint density at radius 1 is 1.00 bits per heavy atom. The van der Waals surface area contributed by atoms with Crippen molar-refractivity contribution in [1.82, 2.24) is 14.8 Å². The highest BCUT2D eigenvalue weighted by molar-refractivity contribution is 6.35. The summed E-state index contributed by atoms with van der Waals surface area (Å²) in [4.78, 5) is 15.8. The molecule has 4 aromatic rings. The lowest BCUT2D eigenvalue weighted by molar-refractivity contribution is -0.160. The van der Waals surface area contributed by atoms with Crippen molar-refractivity contribution in [1.29, 1.82) is 0 Å². The molecule has 0 spiro atoms. The minimum absolute atomic E-state index is 0.110. The molecule has 0 amide bonds. The maximum atomic E-state index is 11.7. The molecule has 1 fully saturated rings. The van der Waals surface area contributed by atoms with Crippen molar-refractivity contribution >= 4 is 40.1 Å². The Bertz CT molecular complexity index is 1630. The summed E-state index contributed by atoms with van der Waals surface area (Å²) >= 11 is 12.8. The fourth-order valence-electron chi connectivity index (χ4n) is 5.31. The molecule has 0 bridgehead atoms. The molecule has 0 N–H and O–H groups in total. The first-order valence-electron chi connectivity index (χ1n) is 15.8. The van der Waals surface area contributed by atoms with Gasteiger partial charge >= 0.3 is 5.97 Å². The second-order valence-electron chi connectivity index (χ2n) is 12.2. The molecule has 0 radical (unpaired) electrons. The summed E-state index contributed by atoms with van der Waals surface area (Å²) in [6.45, 7) is 9.26. The van der Waals surface area contributed by atoms with Crippen molar-refractivity contribution in [2.45, 2.75) is 64.9 Å². The number of hydrogen-bond donors (Lipinski definition) is 0. The standard InChI is InChI=1S/C35H41Cl2N3O7/c1-23(33-28(36)20-38-21-29(33)37)46-26-11-12-30-27(19-26)34(39-40(30)31-10-5-6-13-45-31)24-8-7-9-25(18-24)44-17-16-42-14-15-43-22-32(41)47-35(2,3)4/h7-9,11-12,18-21,23,31H,5-6,10,13-17,22H2,1-4H3/t23-,31?/m1/s1. The van der Waals surface area contributed by atoms with Gasteiger partial charge < -0.3 is 28.4 Å². The number of rotatable bonds is 14. The number of carbonyl (C=O) groups excluding carboxylic acids is 1. The molecule has 1 aliphatic rings. The summed E-state index contributed by atoms with van der Waals surface area (Å²) in [5, 5.41) is 6.87. The van der Waals surface area contributed by atoms with Crippen LogP contribution in [0, 0.1) is 0 Å². The van der Waals surface area contributed by atoms with E-state index in [2.05, 4.69) is 4.98 Å². The number of halogens is 2. The number of fused-ring (bicyclic) bond motifs is 1. The van der Waals surface area contributed by atoms with Crippen molar-refractivity contribution in [3.63, 3.8) is 0 Å². The molecule has 2 aromatic carbocycles. The van der Waals surface area contributed by atoms with Gasteiger partial charge in [-0.2, -0.15) is 5.10 Å². The Hall–Kier alpha value is -3.41. The normalized spacial score (nSPS) is 15.8. The smallest absolute Gasteiger partial charge is 0.332 e. The van der Waals surface area contributed by atoms with Crippen LogP contribution in [-0.2, 0) is 23.7 Å². The maximum absolute atomic E-state index is 11.7. The SMILES string of the molecule is C[C@@H](Oc1ccc2c(c1)c(-c1cccc(OCCOCCOCC(=O)OC(C)(C)C)c1)nn2C1CCCCO1)c1c(Cl)cncc1Cl. The lowest BCUT2D eigenvalue weighted by Crippen LogP contribution is -2.27. The topological polar surface area (TPSA) is 103 Å². The average molecular weight is 687 g/mol.